The van der Waals surface area contributed by atoms with Crippen LogP contribution < -0.4 is 5.32 Å². The number of sulfone groups is 1. The molecular weight excluding hydrogens is 460 g/mol. The van der Waals surface area contributed by atoms with Gasteiger partial charge in [0.05, 0.1) is 15.7 Å². The van der Waals surface area contributed by atoms with E-state index in [2.05, 4.69) is 10.3 Å². The molecule has 1 aliphatic carbocycles. The van der Waals surface area contributed by atoms with Crippen molar-refractivity contribution in [3.63, 3.8) is 0 Å². The van der Waals surface area contributed by atoms with E-state index in [9.17, 15) is 30.8 Å². The summed E-state index contributed by atoms with van der Waals surface area (Å²) >= 11 is 5.74. The van der Waals surface area contributed by atoms with E-state index in [1.807, 2.05) is 0 Å². The number of benzene rings is 1. The first-order valence-corrected chi connectivity index (χ1v) is 11.3. The lowest BCUT2D eigenvalue weighted by molar-refractivity contribution is -0.137. The van der Waals surface area contributed by atoms with Gasteiger partial charge < -0.3 is 5.32 Å². The first-order chi connectivity index (χ1) is 14.3. The van der Waals surface area contributed by atoms with Crippen LogP contribution in [0.25, 0.3) is 0 Å². The summed E-state index contributed by atoms with van der Waals surface area (Å²) in [5.74, 6) is -1.55. The van der Waals surface area contributed by atoms with Crippen LogP contribution in [0.2, 0.25) is 5.02 Å². The molecule has 0 spiro atoms. The second-order valence-electron chi connectivity index (χ2n) is 7.78. The van der Waals surface area contributed by atoms with E-state index in [0.717, 1.165) is 24.3 Å². The minimum Gasteiger partial charge on any atom is -0.346 e. The van der Waals surface area contributed by atoms with E-state index in [0.29, 0.717) is 6.07 Å². The van der Waals surface area contributed by atoms with Crippen LogP contribution in [0.3, 0.4) is 0 Å². The Balaban J connectivity index is 1.71. The van der Waals surface area contributed by atoms with Gasteiger partial charge in [-0.2, -0.15) is 17.6 Å². The molecule has 0 radical (unpaired) electrons. The molecule has 1 aromatic carbocycles. The van der Waals surface area contributed by atoms with Crippen molar-refractivity contribution < 1.29 is 30.8 Å². The Morgan fingerprint density at radius 1 is 1.19 bits per heavy atom. The predicted molar refractivity (Wildman–Crippen MR) is 106 cm³/mol. The maximum Gasteiger partial charge on any atom is 0.416 e. The van der Waals surface area contributed by atoms with E-state index in [1.54, 1.807) is 6.92 Å². The molecule has 1 aliphatic rings. The fraction of sp³-hybridized carbons (Fsp3) is 0.400. The number of carbonyl (C=O) groups excluding carboxylic acids is 1. The number of pyridine rings is 1. The van der Waals surface area contributed by atoms with E-state index in [-0.39, 0.29) is 41.3 Å². The standard InChI is InChI=1S/C20H19ClF4N2O3S/c1-19(27-18(28)16-10-13(21)11-17(22)26-16)7-5-14(6-8-19)31(29,30)15-4-2-3-12(9-15)20(23,24)25/h2-4,9-11,14H,5-8H2,1H3,(H,27,28). The largest absolute Gasteiger partial charge is 0.416 e. The molecule has 1 aromatic heterocycles. The molecule has 3 rings (SSSR count). The second kappa shape index (κ2) is 8.38. The van der Waals surface area contributed by atoms with Crippen molar-refractivity contribution in [1.82, 2.24) is 10.3 Å². The van der Waals surface area contributed by atoms with Gasteiger partial charge in [-0.15, -0.1) is 0 Å². The Morgan fingerprint density at radius 3 is 2.42 bits per heavy atom. The van der Waals surface area contributed by atoms with Crippen molar-refractivity contribution in [2.24, 2.45) is 0 Å². The lowest BCUT2D eigenvalue weighted by Crippen LogP contribution is -2.50. The minimum atomic E-state index is -4.64. The SMILES string of the molecule is CC1(NC(=O)c2cc(Cl)cc(F)n2)CCC(S(=O)(=O)c2cccc(C(F)(F)F)c2)CC1. The van der Waals surface area contributed by atoms with Crippen molar-refractivity contribution >= 4 is 27.3 Å². The summed E-state index contributed by atoms with van der Waals surface area (Å²) in [7, 11) is -3.98. The van der Waals surface area contributed by atoms with Crippen molar-refractivity contribution in [3.8, 4) is 0 Å². The monoisotopic (exact) mass is 478 g/mol. The summed E-state index contributed by atoms with van der Waals surface area (Å²) in [6.45, 7) is 1.72. The summed E-state index contributed by atoms with van der Waals surface area (Å²) < 4.78 is 78.0. The summed E-state index contributed by atoms with van der Waals surface area (Å²) in [4.78, 5) is 15.6. The maximum atomic E-state index is 13.4. The normalized spacial score (nSPS) is 22.2. The molecule has 11 heteroatoms. The third-order valence-electron chi connectivity index (χ3n) is 5.37. The highest BCUT2D eigenvalue weighted by atomic mass is 35.5. The number of hydrogen-bond donors (Lipinski definition) is 1. The Hall–Kier alpha value is -2.20. The van der Waals surface area contributed by atoms with Crippen molar-refractivity contribution in [2.45, 2.75) is 54.5 Å². The van der Waals surface area contributed by atoms with Gasteiger partial charge in [-0.3, -0.25) is 4.79 Å². The third-order valence-corrected chi connectivity index (χ3v) is 7.85. The average molecular weight is 479 g/mol. The van der Waals surface area contributed by atoms with Crippen LogP contribution >= 0.6 is 11.6 Å². The van der Waals surface area contributed by atoms with Gasteiger partial charge in [0.15, 0.2) is 9.84 Å². The van der Waals surface area contributed by atoms with Gasteiger partial charge in [-0.05, 0) is 56.9 Å². The van der Waals surface area contributed by atoms with E-state index in [1.165, 1.54) is 6.07 Å². The highest BCUT2D eigenvalue weighted by Gasteiger charge is 2.39. The molecule has 168 valence electrons. The number of alkyl halides is 3. The lowest BCUT2D eigenvalue weighted by Gasteiger charge is -2.37. The molecule has 0 atom stereocenters. The number of hydrogen-bond acceptors (Lipinski definition) is 4. The Labute approximate surface area is 181 Å². The van der Waals surface area contributed by atoms with Crippen LogP contribution in [0.1, 0.15) is 48.7 Å². The quantitative estimate of drug-likeness (QED) is 0.506. The number of nitrogens with one attached hydrogen (secondary N) is 1. The van der Waals surface area contributed by atoms with Crippen molar-refractivity contribution in [1.29, 1.82) is 0 Å². The first-order valence-electron chi connectivity index (χ1n) is 9.37. The van der Waals surface area contributed by atoms with Gasteiger partial charge in [0.2, 0.25) is 5.95 Å². The smallest absolute Gasteiger partial charge is 0.346 e. The van der Waals surface area contributed by atoms with Gasteiger partial charge in [0, 0.05) is 16.6 Å². The van der Waals surface area contributed by atoms with Gasteiger partial charge >= 0.3 is 6.18 Å². The first kappa shape index (κ1) is 23.5. The Kier molecular flexibility index (Phi) is 6.35. The number of rotatable bonds is 4. The van der Waals surface area contributed by atoms with Gasteiger partial charge in [-0.25, -0.2) is 13.4 Å². The molecular formula is C20H19ClF4N2O3S. The molecule has 0 unspecified atom stereocenters. The zero-order chi connectivity index (χ0) is 23.0. The van der Waals surface area contributed by atoms with Crippen LogP contribution in [0, 0.1) is 5.95 Å². The van der Waals surface area contributed by atoms with Crippen LogP contribution in [0.15, 0.2) is 41.3 Å². The summed E-state index contributed by atoms with van der Waals surface area (Å²) in [6.07, 6.45) is -3.82. The molecule has 0 bridgehead atoms. The molecule has 1 amide bonds. The molecule has 2 aromatic rings. The molecule has 31 heavy (non-hydrogen) atoms. The Bertz CT molecular complexity index is 1080. The third kappa shape index (κ3) is 5.35. The van der Waals surface area contributed by atoms with Crippen LogP contribution in [0.5, 0.6) is 0 Å². The van der Waals surface area contributed by atoms with Crippen molar-refractivity contribution in [3.05, 3.63) is 58.6 Å². The highest BCUT2D eigenvalue weighted by molar-refractivity contribution is 7.92. The van der Waals surface area contributed by atoms with Crippen LogP contribution in [-0.2, 0) is 16.0 Å². The number of nitrogens with zero attached hydrogens (tertiary/aromatic N) is 1. The number of aromatic nitrogens is 1. The van der Waals surface area contributed by atoms with E-state index < -0.39 is 44.2 Å². The maximum absolute atomic E-state index is 13.4. The zero-order valence-corrected chi connectivity index (χ0v) is 17.9. The van der Waals surface area contributed by atoms with Gasteiger partial charge in [-0.1, -0.05) is 17.7 Å². The summed E-state index contributed by atoms with van der Waals surface area (Å²) in [6, 6.07) is 5.86. The molecule has 1 heterocycles. The number of amides is 1. The second-order valence-corrected chi connectivity index (χ2v) is 10.4. The summed E-state index contributed by atoms with van der Waals surface area (Å²) in [5.41, 5.74) is -2.01. The van der Waals surface area contributed by atoms with E-state index in [4.69, 9.17) is 11.6 Å². The molecule has 0 aliphatic heterocycles. The number of carbonyl (C=O) groups is 1. The molecule has 1 saturated carbocycles. The number of halogens is 5. The zero-order valence-electron chi connectivity index (χ0n) is 16.3. The summed E-state index contributed by atoms with van der Waals surface area (Å²) in [5, 5.41) is 1.88. The van der Waals surface area contributed by atoms with Crippen LogP contribution in [0.4, 0.5) is 17.6 Å². The highest BCUT2D eigenvalue weighted by Crippen LogP contribution is 2.36. The van der Waals surface area contributed by atoms with Gasteiger partial charge in [0.25, 0.3) is 5.91 Å². The van der Waals surface area contributed by atoms with E-state index >= 15 is 0 Å². The fourth-order valence-electron chi connectivity index (χ4n) is 3.63. The lowest BCUT2D eigenvalue weighted by atomic mass is 9.83. The topological polar surface area (TPSA) is 76.1 Å². The van der Waals surface area contributed by atoms with Gasteiger partial charge in [0.1, 0.15) is 5.69 Å². The Morgan fingerprint density at radius 2 is 1.84 bits per heavy atom. The minimum absolute atomic E-state index is 0.0127. The molecule has 0 saturated heterocycles. The molecule has 5 nitrogen and oxygen atoms in total. The van der Waals surface area contributed by atoms with Crippen LogP contribution in [-0.4, -0.2) is 30.1 Å². The molecule has 1 fully saturated rings. The predicted octanol–water partition coefficient (Wildman–Crippen LogP) is 4.80. The van der Waals surface area contributed by atoms with Crippen molar-refractivity contribution in [2.75, 3.05) is 0 Å². The molecule has 1 N–H and O–H groups in total. The average Bonchev–Trinajstić information content (AvgIpc) is 2.67. The fourth-order valence-corrected chi connectivity index (χ4v) is 5.62.